The lowest BCUT2D eigenvalue weighted by molar-refractivity contribution is -0.118. The molecule has 1 unspecified atom stereocenters. The normalized spacial score (nSPS) is 11.5. The Kier molecular flexibility index (Phi) is 6.56. The predicted octanol–water partition coefficient (Wildman–Crippen LogP) is 2.29. The smallest absolute Gasteiger partial charge is 0.232 e. The molecule has 1 atom stereocenters. The van der Waals surface area contributed by atoms with Gasteiger partial charge in [0.15, 0.2) is 0 Å². The van der Waals surface area contributed by atoms with Crippen molar-refractivity contribution in [2.45, 2.75) is 12.2 Å². The number of hydrogen-bond acceptors (Lipinski definition) is 7. The van der Waals surface area contributed by atoms with E-state index in [0.717, 1.165) is 5.69 Å². The number of carbonyl (C=O) groups excluding carboxylic acids is 1. The lowest BCUT2D eigenvalue weighted by Gasteiger charge is -2.12. The molecule has 0 aliphatic heterocycles. The summed E-state index contributed by atoms with van der Waals surface area (Å²) in [4.78, 5) is 24.3. The number of thioether (sulfide) groups is 1. The highest BCUT2D eigenvalue weighted by atomic mass is 32.2. The van der Waals surface area contributed by atoms with Crippen molar-refractivity contribution in [1.82, 2.24) is 20.3 Å². The minimum absolute atomic E-state index is 0.0589. The molecule has 2 rings (SSSR count). The van der Waals surface area contributed by atoms with E-state index in [1.165, 1.54) is 11.8 Å². The highest BCUT2D eigenvalue weighted by Crippen LogP contribution is 2.26. The number of nitrogens with zero attached hydrogens (tertiary/aromatic N) is 3. The van der Waals surface area contributed by atoms with Crippen LogP contribution < -0.4 is 16.4 Å². The Labute approximate surface area is 145 Å². The van der Waals surface area contributed by atoms with Crippen LogP contribution in [0.3, 0.4) is 0 Å². The fourth-order valence-electron chi connectivity index (χ4n) is 1.81. The third-order valence-corrected chi connectivity index (χ3v) is 4.11. The van der Waals surface area contributed by atoms with Crippen molar-refractivity contribution in [1.29, 1.82) is 0 Å². The van der Waals surface area contributed by atoms with Crippen LogP contribution in [0.25, 0.3) is 0 Å². The molecule has 0 saturated heterocycles. The number of nitrogen functional groups attached to an aromatic ring is 1. The zero-order chi connectivity index (χ0) is 17.4. The van der Waals surface area contributed by atoms with Gasteiger partial charge in [0.25, 0.3) is 0 Å². The number of aromatic nitrogens is 3. The summed E-state index contributed by atoms with van der Waals surface area (Å²) >= 11 is 1.43. The van der Waals surface area contributed by atoms with Crippen molar-refractivity contribution in [2.75, 3.05) is 23.3 Å². The fraction of sp³-hybridized carbons (Fsp3) is 0.250. The maximum atomic E-state index is 11.6. The summed E-state index contributed by atoms with van der Waals surface area (Å²) in [5, 5.41) is 5.72. The zero-order valence-electron chi connectivity index (χ0n) is 13.4. The fourth-order valence-corrected chi connectivity index (χ4v) is 2.57. The first-order valence-corrected chi connectivity index (χ1v) is 8.46. The van der Waals surface area contributed by atoms with Crippen LogP contribution in [0.2, 0.25) is 0 Å². The number of para-hydroxylation sites is 1. The first-order valence-electron chi connectivity index (χ1n) is 7.41. The van der Waals surface area contributed by atoms with Crippen LogP contribution in [-0.4, -0.2) is 33.2 Å². The van der Waals surface area contributed by atoms with E-state index in [1.54, 1.807) is 6.08 Å². The minimum Gasteiger partial charge on any atom is -0.368 e. The molecule has 0 aliphatic carbocycles. The molecule has 0 bridgehead atoms. The van der Waals surface area contributed by atoms with Gasteiger partial charge in [-0.2, -0.15) is 15.0 Å². The molecule has 8 heteroatoms. The van der Waals surface area contributed by atoms with Gasteiger partial charge in [-0.25, -0.2) is 0 Å². The standard InChI is InChI=1S/C16H20N6OS/c1-3-9-18-13(23)10-24-11(2)14-20-15(17)22-16(21-14)19-12-7-5-4-6-8-12/h3-8,11H,1,9-10H2,2H3,(H,18,23)(H3,17,19,20,21,22). The van der Waals surface area contributed by atoms with E-state index in [4.69, 9.17) is 5.73 Å². The molecule has 1 aromatic carbocycles. The lowest BCUT2D eigenvalue weighted by Crippen LogP contribution is -2.25. The number of amides is 1. The van der Waals surface area contributed by atoms with E-state index in [1.807, 2.05) is 37.3 Å². The average molecular weight is 344 g/mol. The molecule has 2 aromatic rings. The molecule has 1 amide bonds. The van der Waals surface area contributed by atoms with Crippen molar-refractivity contribution in [3.05, 3.63) is 48.8 Å². The van der Waals surface area contributed by atoms with Gasteiger partial charge < -0.3 is 16.4 Å². The Morgan fingerprint density at radius 1 is 1.33 bits per heavy atom. The number of benzene rings is 1. The summed E-state index contributed by atoms with van der Waals surface area (Å²) in [5.41, 5.74) is 6.63. The molecule has 126 valence electrons. The van der Waals surface area contributed by atoms with Crippen LogP contribution in [0.5, 0.6) is 0 Å². The monoisotopic (exact) mass is 344 g/mol. The number of rotatable bonds is 8. The van der Waals surface area contributed by atoms with Crippen LogP contribution in [-0.2, 0) is 4.79 Å². The maximum Gasteiger partial charge on any atom is 0.232 e. The van der Waals surface area contributed by atoms with Gasteiger partial charge in [0.2, 0.25) is 17.8 Å². The van der Waals surface area contributed by atoms with Gasteiger partial charge in [-0.3, -0.25) is 4.79 Å². The zero-order valence-corrected chi connectivity index (χ0v) is 14.2. The molecule has 1 heterocycles. The molecule has 0 radical (unpaired) electrons. The van der Waals surface area contributed by atoms with E-state index in [2.05, 4.69) is 32.2 Å². The van der Waals surface area contributed by atoms with Gasteiger partial charge in [0.1, 0.15) is 5.82 Å². The van der Waals surface area contributed by atoms with E-state index in [-0.39, 0.29) is 17.1 Å². The molecule has 24 heavy (non-hydrogen) atoms. The van der Waals surface area contributed by atoms with Crippen molar-refractivity contribution in [2.24, 2.45) is 0 Å². The van der Waals surface area contributed by atoms with Crippen LogP contribution in [0.4, 0.5) is 17.6 Å². The second kappa shape index (κ2) is 8.88. The Morgan fingerprint density at radius 3 is 2.79 bits per heavy atom. The number of anilines is 3. The Balaban J connectivity index is 2.01. The second-order valence-corrected chi connectivity index (χ2v) is 6.24. The maximum absolute atomic E-state index is 11.6. The molecular weight excluding hydrogens is 324 g/mol. The van der Waals surface area contributed by atoms with Crippen molar-refractivity contribution in [3.63, 3.8) is 0 Å². The summed E-state index contributed by atoms with van der Waals surface area (Å²) in [6, 6.07) is 9.56. The summed E-state index contributed by atoms with van der Waals surface area (Å²) < 4.78 is 0. The third-order valence-electron chi connectivity index (χ3n) is 2.97. The van der Waals surface area contributed by atoms with Crippen molar-refractivity contribution >= 4 is 35.3 Å². The third kappa shape index (κ3) is 5.54. The van der Waals surface area contributed by atoms with Gasteiger partial charge >= 0.3 is 0 Å². The molecule has 0 fully saturated rings. The van der Waals surface area contributed by atoms with Gasteiger partial charge in [0.05, 0.1) is 11.0 Å². The van der Waals surface area contributed by atoms with Crippen molar-refractivity contribution in [3.8, 4) is 0 Å². The van der Waals surface area contributed by atoms with E-state index < -0.39 is 0 Å². The molecule has 0 saturated carbocycles. The topological polar surface area (TPSA) is 106 Å². The predicted molar refractivity (Wildman–Crippen MR) is 98.0 cm³/mol. The average Bonchev–Trinajstić information content (AvgIpc) is 2.58. The summed E-state index contributed by atoms with van der Waals surface area (Å²) in [7, 11) is 0. The highest BCUT2D eigenvalue weighted by Gasteiger charge is 2.14. The Bertz CT molecular complexity index is 694. The van der Waals surface area contributed by atoms with Crippen LogP contribution in [0.15, 0.2) is 43.0 Å². The summed E-state index contributed by atoms with van der Waals surface area (Å²) in [6.45, 7) is 5.94. The minimum atomic E-state index is -0.0962. The number of carbonyl (C=O) groups is 1. The van der Waals surface area contributed by atoms with Gasteiger partial charge in [-0.15, -0.1) is 18.3 Å². The molecule has 0 aliphatic rings. The first kappa shape index (κ1) is 17.7. The molecular formula is C16H20N6OS. The largest absolute Gasteiger partial charge is 0.368 e. The van der Waals surface area contributed by atoms with Gasteiger partial charge in [-0.05, 0) is 19.1 Å². The molecule has 4 N–H and O–H groups in total. The molecule has 0 spiro atoms. The molecule has 1 aromatic heterocycles. The number of hydrogen-bond donors (Lipinski definition) is 3. The lowest BCUT2D eigenvalue weighted by atomic mass is 10.3. The van der Waals surface area contributed by atoms with E-state index in [0.29, 0.717) is 24.1 Å². The number of nitrogens with two attached hydrogens (primary N) is 1. The number of nitrogens with one attached hydrogen (secondary N) is 2. The Morgan fingerprint density at radius 2 is 2.08 bits per heavy atom. The highest BCUT2D eigenvalue weighted by molar-refractivity contribution is 8.00. The summed E-state index contributed by atoms with van der Waals surface area (Å²) in [5.74, 6) is 1.30. The first-order chi connectivity index (χ1) is 11.6. The second-order valence-electron chi connectivity index (χ2n) is 4.91. The van der Waals surface area contributed by atoms with E-state index >= 15 is 0 Å². The van der Waals surface area contributed by atoms with Crippen molar-refractivity contribution < 1.29 is 4.79 Å². The van der Waals surface area contributed by atoms with Crippen LogP contribution >= 0.6 is 11.8 Å². The summed E-state index contributed by atoms with van der Waals surface area (Å²) in [6.07, 6.45) is 1.64. The van der Waals surface area contributed by atoms with Gasteiger partial charge in [0, 0.05) is 12.2 Å². The quantitative estimate of drug-likeness (QED) is 0.631. The Hall–Kier alpha value is -2.61. The molecule has 7 nitrogen and oxygen atoms in total. The van der Waals surface area contributed by atoms with E-state index in [9.17, 15) is 4.79 Å². The van der Waals surface area contributed by atoms with Crippen LogP contribution in [0.1, 0.15) is 18.0 Å². The van der Waals surface area contributed by atoms with Crippen LogP contribution in [0, 0.1) is 0 Å². The SMILES string of the molecule is C=CCNC(=O)CSC(C)c1nc(N)nc(Nc2ccccc2)n1. The van der Waals surface area contributed by atoms with Gasteiger partial charge in [-0.1, -0.05) is 24.3 Å².